The van der Waals surface area contributed by atoms with E-state index in [1.165, 1.54) is 0 Å². The molecule has 0 aliphatic heterocycles. The lowest BCUT2D eigenvalue weighted by Crippen LogP contribution is -2.02. The monoisotopic (exact) mass is 236 g/mol. The summed E-state index contributed by atoms with van der Waals surface area (Å²) in [7, 11) is 1.79. The fraction of sp³-hybridized carbons (Fsp3) is 0.0667. The largest absolute Gasteiger partial charge is 0.456 e. The van der Waals surface area contributed by atoms with Gasteiger partial charge >= 0.3 is 0 Å². The Bertz CT molecular complexity index is 745. The first-order chi connectivity index (χ1) is 8.88. The van der Waals surface area contributed by atoms with Crippen LogP contribution in [0.25, 0.3) is 22.3 Å². The van der Waals surface area contributed by atoms with Gasteiger partial charge in [0.1, 0.15) is 11.3 Å². The number of hydrogen-bond acceptors (Lipinski definition) is 3. The van der Waals surface area contributed by atoms with Crippen molar-refractivity contribution in [2.45, 2.75) is 0 Å². The fourth-order valence-electron chi connectivity index (χ4n) is 1.96. The summed E-state index contributed by atoms with van der Waals surface area (Å²) in [5.41, 5.74) is 1.84. The molecule has 0 fully saturated rings. The normalized spacial score (nSPS) is 11.9. The van der Waals surface area contributed by atoms with Crippen molar-refractivity contribution in [1.29, 1.82) is 0 Å². The van der Waals surface area contributed by atoms with Gasteiger partial charge < -0.3 is 4.42 Å². The Kier molecular flexibility index (Phi) is 2.65. The van der Waals surface area contributed by atoms with E-state index in [1.54, 1.807) is 19.4 Å². The fourth-order valence-corrected chi connectivity index (χ4v) is 1.96. The molecular weight excluding hydrogens is 224 g/mol. The van der Waals surface area contributed by atoms with Crippen LogP contribution < -0.4 is 5.36 Å². The predicted octanol–water partition coefficient (Wildman–Crippen LogP) is 3.03. The van der Waals surface area contributed by atoms with Gasteiger partial charge in [-0.3, -0.25) is 9.98 Å². The van der Waals surface area contributed by atoms with Crippen LogP contribution >= 0.6 is 0 Å². The minimum Gasteiger partial charge on any atom is -0.456 e. The Hall–Kier alpha value is -2.42. The van der Waals surface area contributed by atoms with Crippen LogP contribution in [0.2, 0.25) is 0 Å². The zero-order chi connectivity index (χ0) is 12.4. The number of nitrogens with zero attached hydrogens (tertiary/aromatic N) is 2. The summed E-state index contributed by atoms with van der Waals surface area (Å²) in [6, 6.07) is 13.7. The third kappa shape index (κ3) is 1.80. The van der Waals surface area contributed by atoms with Crippen molar-refractivity contribution in [1.82, 2.24) is 4.98 Å². The van der Waals surface area contributed by atoms with E-state index in [0.29, 0.717) is 0 Å². The lowest BCUT2D eigenvalue weighted by molar-refractivity contribution is 0.618. The summed E-state index contributed by atoms with van der Waals surface area (Å²) >= 11 is 0. The molecule has 18 heavy (non-hydrogen) atoms. The average Bonchev–Trinajstić information content (AvgIpc) is 2.47. The van der Waals surface area contributed by atoms with Gasteiger partial charge in [0.2, 0.25) is 0 Å². The Morgan fingerprint density at radius 1 is 1.06 bits per heavy atom. The first-order valence-corrected chi connectivity index (χ1v) is 5.74. The van der Waals surface area contributed by atoms with E-state index in [1.807, 2.05) is 42.5 Å². The number of aromatic nitrogens is 1. The van der Waals surface area contributed by atoms with E-state index in [2.05, 4.69) is 9.98 Å². The highest BCUT2D eigenvalue weighted by molar-refractivity contribution is 5.78. The van der Waals surface area contributed by atoms with Crippen molar-refractivity contribution in [3.05, 3.63) is 60.2 Å². The van der Waals surface area contributed by atoms with Crippen LogP contribution in [0.5, 0.6) is 0 Å². The van der Waals surface area contributed by atoms with Crippen molar-refractivity contribution in [3.63, 3.8) is 0 Å². The number of benzene rings is 1. The molecule has 0 saturated heterocycles. The van der Waals surface area contributed by atoms with Gasteiger partial charge in [-0.1, -0.05) is 12.1 Å². The van der Waals surface area contributed by atoms with E-state index in [-0.39, 0.29) is 0 Å². The van der Waals surface area contributed by atoms with Gasteiger partial charge in [0.25, 0.3) is 0 Å². The van der Waals surface area contributed by atoms with Gasteiger partial charge in [0.05, 0.1) is 5.36 Å². The highest BCUT2D eigenvalue weighted by Gasteiger charge is 2.04. The molecule has 0 unspecified atom stereocenters. The van der Waals surface area contributed by atoms with Gasteiger partial charge in [-0.05, 0) is 24.3 Å². The molecule has 0 aliphatic rings. The molecule has 3 rings (SSSR count). The molecule has 0 saturated carbocycles. The minimum atomic E-state index is 0.803. The average molecular weight is 236 g/mol. The van der Waals surface area contributed by atoms with E-state index in [0.717, 1.165) is 27.7 Å². The van der Waals surface area contributed by atoms with Crippen LogP contribution in [0.15, 0.2) is 64.3 Å². The molecule has 0 atom stereocenters. The van der Waals surface area contributed by atoms with Crippen LogP contribution in [-0.4, -0.2) is 12.0 Å². The molecule has 3 aromatic rings. The number of fused-ring (bicyclic) bond motifs is 1. The lowest BCUT2D eigenvalue weighted by atomic mass is 10.1. The van der Waals surface area contributed by atoms with E-state index < -0.39 is 0 Å². The lowest BCUT2D eigenvalue weighted by Gasteiger charge is -2.03. The SMILES string of the molecule is CN=c1cc(-c2ccncc2)oc2ccccc12. The molecular formula is C15H12N2O. The van der Waals surface area contributed by atoms with Crippen molar-refractivity contribution < 1.29 is 4.42 Å². The van der Waals surface area contributed by atoms with Gasteiger partial charge in [0, 0.05) is 36.5 Å². The Labute approximate surface area is 104 Å². The zero-order valence-electron chi connectivity index (χ0n) is 10.00. The van der Waals surface area contributed by atoms with Crippen LogP contribution in [0.3, 0.4) is 0 Å². The van der Waals surface area contributed by atoms with Gasteiger partial charge in [-0.2, -0.15) is 0 Å². The summed E-state index contributed by atoms with van der Waals surface area (Å²) < 4.78 is 5.90. The van der Waals surface area contributed by atoms with Crippen molar-refractivity contribution in [2.75, 3.05) is 7.05 Å². The van der Waals surface area contributed by atoms with Gasteiger partial charge in [0.15, 0.2) is 0 Å². The summed E-state index contributed by atoms with van der Waals surface area (Å²) in [5, 5.41) is 1.96. The first kappa shape index (κ1) is 10.7. The van der Waals surface area contributed by atoms with Gasteiger partial charge in [-0.25, -0.2) is 0 Å². The Morgan fingerprint density at radius 2 is 1.83 bits per heavy atom. The maximum absolute atomic E-state index is 5.90. The zero-order valence-corrected chi connectivity index (χ0v) is 10.00. The second-order valence-corrected chi connectivity index (χ2v) is 3.95. The highest BCUT2D eigenvalue weighted by atomic mass is 16.3. The van der Waals surface area contributed by atoms with Crippen molar-refractivity contribution in [3.8, 4) is 11.3 Å². The summed E-state index contributed by atoms with van der Waals surface area (Å²) in [6.45, 7) is 0. The molecule has 3 nitrogen and oxygen atoms in total. The van der Waals surface area contributed by atoms with E-state index in [4.69, 9.17) is 4.42 Å². The summed E-state index contributed by atoms with van der Waals surface area (Å²) in [5.74, 6) is 0.803. The molecule has 0 spiro atoms. The molecule has 88 valence electrons. The van der Waals surface area contributed by atoms with Crippen molar-refractivity contribution >= 4 is 11.0 Å². The topological polar surface area (TPSA) is 38.4 Å². The van der Waals surface area contributed by atoms with Crippen LogP contribution in [0.1, 0.15) is 0 Å². The molecule has 0 amide bonds. The maximum Gasteiger partial charge on any atom is 0.136 e. The third-order valence-electron chi connectivity index (χ3n) is 2.86. The molecule has 2 heterocycles. The molecule has 0 aliphatic carbocycles. The summed E-state index contributed by atoms with van der Waals surface area (Å²) in [4.78, 5) is 8.32. The minimum absolute atomic E-state index is 0.803. The Morgan fingerprint density at radius 3 is 2.61 bits per heavy atom. The number of para-hydroxylation sites is 1. The van der Waals surface area contributed by atoms with Crippen LogP contribution in [-0.2, 0) is 0 Å². The molecule has 3 heteroatoms. The second-order valence-electron chi connectivity index (χ2n) is 3.95. The number of pyridine rings is 1. The Balaban J connectivity index is 2.34. The molecule has 1 aromatic carbocycles. The van der Waals surface area contributed by atoms with E-state index >= 15 is 0 Å². The first-order valence-electron chi connectivity index (χ1n) is 5.74. The van der Waals surface area contributed by atoms with E-state index in [9.17, 15) is 0 Å². The van der Waals surface area contributed by atoms with Crippen molar-refractivity contribution in [2.24, 2.45) is 4.99 Å². The van der Waals surface area contributed by atoms with Crippen LogP contribution in [0, 0.1) is 0 Å². The molecule has 2 aromatic heterocycles. The number of rotatable bonds is 1. The van der Waals surface area contributed by atoms with Gasteiger partial charge in [-0.15, -0.1) is 0 Å². The predicted molar refractivity (Wildman–Crippen MR) is 70.9 cm³/mol. The second kappa shape index (κ2) is 4.45. The maximum atomic E-state index is 5.90. The standard InChI is InChI=1S/C15H12N2O/c1-16-13-10-15(11-6-8-17-9-7-11)18-14-5-3-2-4-12(13)14/h2-10H,1H3. The molecule has 0 N–H and O–H groups in total. The highest BCUT2D eigenvalue weighted by Crippen LogP contribution is 2.21. The van der Waals surface area contributed by atoms with Crippen LogP contribution in [0.4, 0.5) is 0 Å². The number of hydrogen-bond donors (Lipinski definition) is 0. The smallest absolute Gasteiger partial charge is 0.136 e. The third-order valence-corrected chi connectivity index (χ3v) is 2.86. The quantitative estimate of drug-likeness (QED) is 0.651. The summed E-state index contributed by atoms with van der Waals surface area (Å²) in [6.07, 6.45) is 3.51. The molecule has 0 bridgehead atoms. The molecule has 0 radical (unpaired) electrons.